The molecule has 0 spiro atoms. The minimum Gasteiger partial charge on any atom is -0.507 e. The smallest absolute Gasteiger partial charge is 0.296 e. The van der Waals surface area contributed by atoms with Gasteiger partial charge in [-0.3, -0.25) is 9.59 Å². The van der Waals surface area contributed by atoms with Crippen molar-refractivity contribution < 1.29 is 19.1 Å². The van der Waals surface area contributed by atoms with Crippen LogP contribution in [0.2, 0.25) is 0 Å². The maximum Gasteiger partial charge on any atom is 0.296 e. The first-order valence-corrected chi connectivity index (χ1v) is 10.4. The molecule has 5 nitrogen and oxygen atoms in total. The van der Waals surface area contributed by atoms with Crippen molar-refractivity contribution in [3.8, 4) is 0 Å². The summed E-state index contributed by atoms with van der Waals surface area (Å²) in [4.78, 5) is 27.6. The van der Waals surface area contributed by atoms with Gasteiger partial charge in [0.05, 0.1) is 24.4 Å². The lowest BCUT2D eigenvalue weighted by Crippen LogP contribution is -2.29. The summed E-state index contributed by atoms with van der Waals surface area (Å²) in [5.74, 6) is -0.905. The van der Waals surface area contributed by atoms with Gasteiger partial charge in [-0.15, -0.1) is 0 Å². The molecule has 31 heavy (non-hydrogen) atoms. The maximum atomic E-state index is 13.1. The number of hydrogen-bond acceptors (Lipinski definition) is 4. The summed E-state index contributed by atoms with van der Waals surface area (Å²) >= 11 is 0. The van der Waals surface area contributed by atoms with Crippen molar-refractivity contribution in [1.82, 2.24) is 4.90 Å². The first-order chi connectivity index (χ1) is 14.9. The molecule has 1 fully saturated rings. The number of carbonyl (C=O) groups excluding carboxylic acids is 2. The number of Topliss-reactive ketones (excluding diaryl/α,β-unsaturated/α-hetero) is 1. The summed E-state index contributed by atoms with van der Waals surface area (Å²) in [6.07, 6.45) is 2.42. The number of ketones is 1. The summed E-state index contributed by atoms with van der Waals surface area (Å²) in [6.45, 7) is 6.00. The molecule has 1 saturated heterocycles. The zero-order chi connectivity index (χ0) is 22.1. The van der Waals surface area contributed by atoms with E-state index in [2.05, 4.69) is 6.92 Å². The van der Waals surface area contributed by atoms with Gasteiger partial charge in [0.15, 0.2) is 0 Å². The van der Waals surface area contributed by atoms with Crippen LogP contribution in [0.1, 0.15) is 46.5 Å². The quantitative estimate of drug-likeness (QED) is 0.358. The Kier molecular flexibility index (Phi) is 5.51. The van der Waals surface area contributed by atoms with E-state index in [9.17, 15) is 14.7 Å². The van der Waals surface area contributed by atoms with Crippen molar-refractivity contribution in [2.75, 3.05) is 0 Å². The zero-order valence-electron chi connectivity index (χ0n) is 17.9. The van der Waals surface area contributed by atoms with E-state index in [1.54, 1.807) is 12.1 Å². The average molecular weight is 415 g/mol. The van der Waals surface area contributed by atoms with Crippen molar-refractivity contribution in [2.24, 2.45) is 0 Å². The van der Waals surface area contributed by atoms with E-state index >= 15 is 0 Å². The molecule has 1 atom stereocenters. The summed E-state index contributed by atoms with van der Waals surface area (Å²) in [7, 11) is 0. The van der Waals surface area contributed by atoms with Crippen molar-refractivity contribution >= 4 is 17.4 Å². The van der Waals surface area contributed by atoms with Crippen molar-refractivity contribution in [2.45, 2.75) is 39.8 Å². The predicted octanol–water partition coefficient (Wildman–Crippen LogP) is 5.08. The number of likely N-dealkylation sites (tertiary alicyclic amines) is 1. The number of amides is 1. The lowest BCUT2D eigenvalue weighted by atomic mass is 9.92. The molecule has 3 aromatic rings. The first-order valence-electron chi connectivity index (χ1n) is 10.4. The molecule has 2 heterocycles. The van der Waals surface area contributed by atoms with Crippen LogP contribution < -0.4 is 0 Å². The van der Waals surface area contributed by atoms with Gasteiger partial charge in [-0.2, -0.15) is 0 Å². The van der Waals surface area contributed by atoms with Crippen LogP contribution >= 0.6 is 0 Å². The standard InChI is InChI=1S/C26H25NO4/c1-4-18-9-11-19(12-10-18)23-22(24(28)21-14-16(2)7-8-17(21)3)25(29)26(30)27(23)15-20-6-5-13-31-20/h5-14,23,28H,4,15H2,1-3H3/b24-22+. The molecule has 158 valence electrons. The van der Waals surface area contributed by atoms with Crippen LogP contribution in [-0.4, -0.2) is 21.7 Å². The molecule has 0 saturated carbocycles. The summed E-state index contributed by atoms with van der Waals surface area (Å²) < 4.78 is 5.43. The number of hydrogen-bond donors (Lipinski definition) is 1. The Balaban J connectivity index is 1.89. The summed E-state index contributed by atoms with van der Waals surface area (Å²) in [5.41, 5.74) is 4.39. The molecule has 4 rings (SSSR count). The highest BCUT2D eigenvalue weighted by Crippen LogP contribution is 2.41. The van der Waals surface area contributed by atoms with Crippen LogP contribution in [0.4, 0.5) is 0 Å². The minimum atomic E-state index is -0.698. The Morgan fingerprint density at radius 3 is 2.45 bits per heavy atom. The normalized spacial score (nSPS) is 18.0. The lowest BCUT2D eigenvalue weighted by Gasteiger charge is -2.25. The zero-order valence-corrected chi connectivity index (χ0v) is 17.9. The molecular formula is C26H25NO4. The van der Waals surface area contributed by atoms with Crippen LogP contribution in [0.3, 0.4) is 0 Å². The second kappa shape index (κ2) is 8.26. The second-order valence-electron chi connectivity index (χ2n) is 7.92. The van der Waals surface area contributed by atoms with Gasteiger partial charge in [0.25, 0.3) is 11.7 Å². The van der Waals surface area contributed by atoms with E-state index < -0.39 is 17.7 Å². The maximum absolute atomic E-state index is 13.1. The first kappa shape index (κ1) is 20.7. The van der Waals surface area contributed by atoms with Gasteiger partial charge >= 0.3 is 0 Å². The third-order valence-corrected chi connectivity index (χ3v) is 5.80. The van der Waals surface area contributed by atoms with Gasteiger partial charge in [-0.05, 0) is 55.2 Å². The van der Waals surface area contributed by atoms with Gasteiger partial charge in [0, 0.05) is 5.56 Å². The number of aliphatic hydroxyl groups excluding tert-OH is 1. The highest BCUT2D eigenvalue weighted by atomic mass is 16.3. The second-order valence-corrected chi connectivity index (χ2v) is 7.92. The highest BCUT2D eigenvalue weighted by molar-refractivity contribution is 6.46. The largest absolute Gasteiger partial charge is 0.507 e. The van der Waals surface area contributed by atoms with Crippen molar-refractivity contribution in [1.29, 1.82) is 0 Å². The molecule has 1 aliphatic rings. The lowest BCUT2D eigenvalue weighted by molar-refractivity contribution is -0.140. The van der Waals surface area contributed by atoms with E-state index in [1.165, 1.54) is 11.2 Å². The van der Waals surface area contributed by atoms with E-state index in [4.69, 9.17) is 4.42 Å². The average Bonchev–Trinajstić information content (AvgIpc) is 3.37. The fourth-order valence-corrected chi connectivity index (χ4v) is 4.03. The van der Waals surface area contributed by atoms with E-state index in [1.807, 2.05) is 56.3 Å². The Hall–Kier alpha value is -3.60. The molecule has 0 radical (unpaired) electrons. The van der Waals surface area contributed by atoms with Gasteiger partial charge in [0.2, 0.25) is 0 Å². The van der Waals surface area contributed by atoms with Crippen LogP contribution in [0, 0.1) is 13.8 Å². The van der Waals surface area contributed by atoms with E-state index in [0.717, 1.165) is 28.7 Å². The number of furan rings is 1. The van der Waals surface area contributed by atoms with E-state index in [-0.39, 0.29) is 17.9 Å². The SMILES string of the molecule is CCc1ccc(C2/C(=C(\O)c3cc(C)ccc3C)C(=O)C(=O)N2Cc2ccco2)cc1. The molecular weight excluding hydrogens is 390 g/mol. The van der Waals surface area contributed by atoms with Gasteiger partial charge in [-0.1, -0.05) is 48.9 Å². The Morgan fingerprint density at radius 1 is 1.06 bits per heavy atom. The number of nitrogens with zero attached hydrogens (tertiary/aromatic N) is 1. The Labute approximate surface area is 181 Å². The van der Waals surface area contributed by atoms with Crippen LogP contribution in [0.5, 0.6) is 0 Å². The van der Waals surface area contributed by atoms with Crippen molar-refractivity contribution in [3.05, 3.63) is 100 Å². The van der Waals surface area contributed by atoms with Gasteiger partial charge in [0.1, 0.15) is 11.5 Å². The molecule has 1 unspecified atom stereocenters. The van der Waals surface area contributed by atoms with Crippen molar-refractivity contribution in [3.63, 3.8) is 0 Å². The fraction of sp³-hybridized carbons (Fsp3) is 0.231. The molecule has 0 aliphatic carbocycles. The number of aryl methyl sites for hydroxylation is 3. The third kappa shape index (κ3) is 3.79. The highest BCUT2D eigenvalue weighted by Gasteiger charge is 2.46. The molecule has 1 N–H and O–H groups in total. The van der Waals surface area contributed by atoms with Crippen LogP contribution in [-0.2, 0) is 22.6 Å². The molecule has 2 aromatic carbocycles. The Morgan fingerprint density at radius 2 is 1.81 bits per heavy atom. The molecule has 5 heteroatoms. The monoisotopic (exact) mass is 415 g/mol. The Bertz CT molecular complexity index is 1160. The summed E-state index contributed by atoms with van der Waals surface area (Å²) in [6, 6.07) is 16.3. The van der Waals surface area contributed by atoms with Gasteiger partial charge in [-0.25, -0.2) is 0 Å². The molecule has 1 amide bonds. The molecule has 0 bridgehead atoms. The van der Waals surface area contributed by atoms with E-state index in [0.29, 0.717) is 11.3 Å². The minimum absolute atomic E-state index is 0.106. The summed E-state index contributed by atoms with van der Waals surface area (Å²) in [5, 5.41) is 11.2. The third-order valence-electron chi connectivity index (χ3n) is 5.80. The van der Waals surface area contributed by atoms with Crippen LogP contribution in [0.25, 0.3) is 5.76 Å². The topological polar surface area (TPSA) is 70.8 Å². The molecule has 1 aliphatic heterocycles. The number of aliphatic hydroxyl groups is 1. The predicted molar refractivity (Wildman–Crippen MR) is 118 cm³/mol. The van der Waals surface area contributed by atoms with Gasteiger partial charge < -0.3 is 14.4 Å². The number of rotatable bonds is 5. The molecule has 1 aromatic heterocycles. The number of benzene rings is 2. The fourth-order valence-electron chi connectivity index (χ4n) is 4.03. The van der Waals surface area contributed by atoms with Crippen LogP contribution in [0.15, 0.2) is 70.9 Å². The number of carbonyl (C=O) groups is 2.